The average Bonchev–Trinajstić information content (AvgIpc) is 3.40. The van der Waals surface area contributed by atoms with Gasteiger partial charge in [-0.15, -0.1) is 0 Å². The summed E-state index contributed by atoms with van der Waals surface area (Å²) in [6, 6.07) is 15.7. The Morgan fingerprint density at radius 2 is 1.44 bits per heavy atom. The Kier molecular flexibility index (Phi) is 4.44. The lowest BCUT2D eigenvalue weighted by molar-refractivity contribution is 0.0990. The largest absolute Gasteiger partial charge is 0.311 e. The summed E-state index contributed by atoms with van der Waals surface area (Å²) in [7, 11) is 1.95. The molecule has 0 atom stereocenters. The van der Waals surface area contributed by atoms with Crippen molar-refractivity contribution in [1.82, 2.24) is 14.5 Å². The monoisotopic (exact) mass is 463 g/mol. The van der Waals surface area contributed by atoms with E-state index in [0.717, 1.165) is 32.6 Å². The molecule has 0 saturated heterocycles. The number of hydrogen-bond acceptors (Lipinski definition) is 5. The number of imidazole rings is 1. The molecule has 0 radical (unpaired) electrons. The number of ketones is 2. The van der Waals surface area contributed by atoms with E-state index < -0.39 is 0 Å². The molecule has 5 nitrogen and oxygen atoms in total. The van der Waals surface area contributed by atoms with Gasteiger partial charge in [-0.1, -0.05) is 53.3 Å². The van der Waals surface area contributed by atoms with E-state index in [1.807, 2.05) is 48.0 Å². The second kappa shape index (κ2) is 7.30. The van der Waals surface area contributed by atoms with Gasteiger partial charge in [-0.25, -0.2) is 9.97 Å². The summed E-state index contributed by atoms with van der Waals surface area (Å²) in [5, 5.41) is 2.50. The van der Waals surface area contributed by atoms with Crippen molar-refractivity contribution in [3.05, 3.63) is 86.9 Å². The van der Waals surface area contributed by atoms with Gasteiger partial charge in [0.15, 0.2) is 22.0 Å². The summed E-state index contributed by atoms with van der Waals surface area (Å²) >= 11 is 1.39. The van der Waals surface area contributed by atoms with Crippen LogP contribution in [0.15, 0.2) is 54.1 Å². The molecule has 1 aliphatic carbocycles. The number of hydrogen-bond donors (Lipinski definition) is 0. The van der Waals surface area contributed by atoms with Crippen LogP contribution in [0.1, 0.15) is 42.4 Å². The summed E-state index contributed by atoms with van der Waals surface area (Å²) in [5.74, 6) is 0.379. The molecule has 0 spiro atoms. The van der Waals surface area contributed by atoms with Crippen LogP contribution in [0.2, 0.25) is 0 Å². The van der Waals surface area contributed by atoms with E-state index >= 15 is 0 Å². The molecule has 0 aliphatic heterocycles. The topological polar surface area (TPSA) is 64.8 Å². The molecule has 2 heterocycles. The number of carbonyl (C=O) groups excluding carboxylic acids is 2. The van der Waals surface area contributed by atoms with Gasteiger partial charge >= 0.3 is 0 Å². The molecule has 2 aromatic heterocycles. The zero-order chi connectivity index (χ0) is 23.7. The van der Waals surface area contributed by atoms with E-state index in [4.69, 9.17) is 9.97 Å². The Hall–Kier alpha value is -3.90. The van der Waals surface area contributed by atoms with Crippen LogP contribution in [0.3, 0.4) is 0 Å². The first-order valence-corrected chi connectivity index (χ1v) is 11.9. The molecule has 166 valence electrons. The van der Waals surface area contributed by atoms with Gasteiger partial charge in [-0.3, -0.25) is 9.59 Å². The van der Waals surface area contributed by atoms with Crippen molar-refractivity contribution in [3.8, 4) is 11.4 Å². The van der Waals surface area contributed by atoms with Crippen LogP contribution in [-0.2, 0) is 7.05 Å². The van der Waals surface area contributed by atoms with Crippen molar-refractivity contribution in [2.24, 2.45) is 7.05 Å². The van der Waals surface area contributed by atoms with Crippen molar-refractivity contribution in [2.45, 2.75) is 20.8 Å². The zero-order valence-electron chi connectivity index (χ0n) is 19.3. The lowest BCUT2D eigenvalue weighted by Crippen LogP contribution is -2.00. The second-order valence-electron chi connectivity index (χ2n) is 8.91. The van der Waals surface area contributed by atoms with E-state index in [9.17, 15) is 9.59 Å². The minimum absolute atomic E-state index is 0.162. The molecule has 0 saturated carbocycles. The number of fused-ring (bicyclic) bond motifs is 3. The number of thiazole rings is 1. The Labute approximate surface area is 200 Å². The summed E-state index contributed by atoms with van der Waals surface area (Å²) in [6.45, 7) is 6.29. The Morgan fingerprint density at radius 3 is 2.00 bits per heavy atom. The van der Waals surface area contributed by atoms with Gasteiger partial charge in [-0.05, 0) is 60.9 Å². The molecule has 5 aromatic rings. The minimum atomic E-state index is -0.246. The van der Waals surface area contributed by atoms with Gasteiger partial charge in [0.1, 0.15) is 10.8 Å². The summed E-state index contributed by atoms with van der Waals surface area (Å²) in [5.41, 5.74) is 6.51. The van der Waals surface area contributed by atoms with Crippen molar-refractivity contribution in [3.63, 3.8) is 0 Å². The number of Topliss-reactive ketones (excluding diaryl/α,β-unsaturated/α-hetero) is 2. The molecule has 0 N–H and O–H groups in total. The first-order valence-electron chi connectivity index (χ1n) is 11.1. The standard InChI is InChI=1S/C28H21N3O2S/c1-14-9-15(2)23(16(3)10-14)26-30-28-27(31(26)4)29-22(34-28)13-21-24(32)19-11-17-7-5-6-8-18(17)12-20(19)25(21)33/h5-13H,1-4H3. The number of carbonyl (C=O) groups is 2. The van der Waals surface area contributed by atoms with Crippen molar-refractivity contribution in [2.75, 3.05) is 0 Å². The predicted molar refractivity (Wildman–Crippen MR) is 137 cm³/mol. The van der Waals surface area contributed by atoms with Crippen LogP contribution in [0.5, 0.6) is 0 Å². The summed E-state index contributed by atoms with van der Waals surface area (Å²) in [6.07, 6.45) is 1.61. The van der Waals surface area contributed by atoms with Crippen molar-refractivity contribution in [1.29, 1.82) is 0 Å². The van der Waals surface area contributed by atoms with E-state index in [2.05, 4.69) is 32.9 Å². The third-order valence-electron chi connectivity index (χ3n) is 6.48. The quantitative estimate of drug-likeness (QED) is 0.230. The van der Waals surface area contributed by atoms with Crippen LogP contribution in [0.25, 0.3) is 38.7 Å². The fraction of sp³-hybridized carbons (Fsp3) is 0.143. The molecule has 0 amide bonds. The molecular weight excluding hydrogens is 442 g/mol. The average molecular weight is 464 g/mol. The van der Waals surface area contributed by atoms with Crippen LogP contribution >= 0.6 is 11.3 Å². The summed E-state index contributed by atoms with van der Waals surface area (Å²) in [4.78, 5) is 36.5. The third-order valence-corrected chi connectivity index (χ3v) is 7.37. The number of aryl methyl sites for hydroxylation is 4. The molecule has 0 bridgehead atoms. The normalized spacial score (nSPS) is 13.4. The predicted octanol–water partition coefficient (Wildman–Crippen LogP) is 6.24. The fourth-order valence-corrected chi connectivity index (χ4v) is 5.88. The lowest BCUT2D eigenvalue weighted by Gasteiger charge is -2.11. The maximum absolute atomic E-state index is 13.1. The Bertz CT molecular complexity index is 1660. The molecule has 0 unspecified atom stereocenters. The number of nitrogens with zero attached hydrogens (tertiary/aromatic N) is 3. The highest BCUT2D eigenvalue weighted by Crippen LogP contribution is 2.35. The highest BCUT2D eigenvalue weighted by Gasteiger charge is 2.34. The van der Waals surface area contributed by atoms with Gasteiger partial charge in [0.25, 0.3) is 0 Å². The SMILES string of the molecule is Cc1cc(C)c(-c2nc3sc(C=C4C(=O)c5cc6ccccc6cc5C4=O)nc3n2C)c(C)c1. The number of aromatic nitrogens is 3. The van der Waals surface area contributed by atoms with Gasteiger partial charge in [-0.2, -0.15) is 0 Å². The molecule has 34 heavy (non-hydrogen) atoms. The Balaban J connectivity index is 1.42. The highest BCUT2D eigenvalue weighted by molar-refractivity contribution is 7.19. The van der Waals surface area contributed by atoms with Gasteiger partial charge in [0.2, 0.25) is 0 Å². The molecule has 6 heteroatoms. The zero-order valence-corrected chi connectivity index (χ0v) is 20.1. The number of allylic oxidation sites excluding steroid dienone is 1. The number of rotatable bonds is 2. The van der Waals surface area contributed by atoms with Crippen molar-refractivity contribution < 1.29 is 9.59 Å². The fourth-order valence-electron chi connectivity index (χ4n) is 4.96. The van der Waals surface area contributed by atoms with Crippen LogP contribution in [0, 0.1) is 20.8 Å². The maximum atomic E-state index is 13.1. The van der Waals surface area contributed by atoms with E-state index in [1.54, 1.807) is 6.08 Å². The van der Waals surface area contributed by atoms with Gasteiger partial charge in [0, 0.05) is 23.7 Å². The first kappa shape index (κ1) is 20.7. The first-order chi connectivity index (χ1) is 16.3. The van der Waals surface area contributed by atoms with Gasteiger partial charge < -0.3 is 4.57 Å². The van der Waals surface area contributed by atoms with Crippen LogP contribution in [0.4, 0.5) is 0 Å². The third kappa shape index (κ3) is 2.99. The Morgan fingerprint density at radius 1 is 0.853 bits per heavy atom. The van der Waals surface area contributed by atoms with E-state index in [0.29, 0.717) is 16.1 Å². The van der Waals surface area contributed by atoms with Crippen molar-refractivity contribution >= 4 is 50.2 Å². The van der Waals surface area contributed by atoms with Crippen LogP contribution in [-0.4, -0.2) is 26.1 Å². The molecule has 0 fully saturated rings. The van der Waals surface area contributed by atoms with E-state index in [1.165, 1.54) is 28.0 Å². The second-order valence-corrected chi connectivity index (χ2v) is 9.92. The van der Waals surface area contributed by atoms with E-state index in [-0.39, 0.29) is 17.1 Å². The molecular formula is C28H21N3O2S. The van der Waals surface area contributed by atoms with Crippen LogP contribution < -0.4 is 0 Å². The molecule has 6 rings (SSSR count). The molecule has 1 aliphatic rings. The smallest absolute Gasteiger partial charge is 0.197 e. The summed E-state index contributed by atoms with van der Waals surface area (Å²) < 4.78 is 1.98. The lowest BCUT2D eigenvalue weighted by atomic mass is 9.99. The molecule has 3 aromatic carbocycles. The minimum Gasteiger partial charge on any atom is -0.311 e. The van der Waals surface area contributed by atoms with Gasteiger partial charge in [0.05, 0.1) is 5.57 Å². The number of benzene rings is 3. The highest BCUT2D eigenvalue weighted by atomic mass is 32.1. The maximum Gasteiger partial charge on any atom is 0.197 e.